The van der Waals surface area contributed by atoms with Crippen LogP contribution in [-0.4, -0.2) is 55.1 Å². The number of carbonyl (C=O) groups is 1. The number of carbonyl (C=O) groups excluding carboxylic acids is 1. The van der Waals surface area contributed by atoms with Gasteiger partial charge in [0.25, 0.3) is 0 Å². The Balaban J connectivity index is 1.34. The zero-order valence-electron chi connectivity index (χ0n) is 16.4. The Hall–Kier alpha value is -1.66. The molecule has 1 aliphatic carbocycles. The van der Waals surface area contributed by atoms with E-state index in [4.69, 9.17) is 0 Å². The number of hydrogen-bond acceptors (Lipinski definition) is 4. The van der Waals surface area contributed by atoms with Gasteiger partial charge in [-0.3, -0.25) is 9.69 Å². The second-order valence-corrected chi connectivity index (χ2v) is 8.41. The quantitative estimate of drug-likeness (QED) is 0.756. The van der Waals surface area contributed by atoms with Crippen LogP contribution in [0.3, 0.4) is 0 Å². The second kappa shape index (κ2) is 7.76. The van der Waals surface area contributed by atoms with Crippen molar-refractivity contribution in [2.75, 3.05) is 25.5 Å². The molecule has 0 spiro atoms. The lowest BCUT2D eigenvalue weighted by Gasteiger charge is -2.36. The van der Waals surface area contributed by atoms with Gasteiger partial charge in [-0.1, -0.05) is 6.07 Å². The van der Waals surface area contributed by atoms with Gasteiger partial charge in [0.2, 0.25) is 5.91 Å². The molecule has 5 nitrogen and oxygen atoms in total. The molecule has 1 aromatic carbocycles. The first-order valence-corrected chi connectivity index (χ1v) is 10.3. The maximum atomic E-state index is 14.1. The summed E-state index contributed by atoms with van der Waals surface area (Å²) in [5, 5.41) is 9.87. The van der Waals surface area contributed by atoms with Gasteiger partial charge in [-0.15, -0.1) is 0 Å². The van der Waals surface area contributed by atoms with E-state index in [-0.39, 0.29) is 23.8 Å². The van der Waals surface area contributed by atoms with Crippen molar-refractivity contribution in [1.82, 2.24) is 15.5 Å². The summed E-state index contributed by atoms with van der Waals surface area (Å²) in [6.07, 6.45) is 6.08. The number of halogens is 1. The lowest BCUT2D eigenvalue weighted by molar-refractivity contribution is -0.122. The highest BCUT2D eigenvalue weighted by molar-refractivity contribution is 5.88. The second-order valence-electron chi connectivity index (χ2n) is 8.41. The standard InChI is InChI=1S/C21H31FN4O/c1-13-6-7-18(22)17-11-19(25-20(13)17)21(27)24-14-4-3-5-16(10-14)26-9-8-15(12-26)23-2/h6-7,14-16,19,23,25H,3-5,8-12H2,1-2H3,(H,24,27)/t14-,15+,16?,19?/m1/s1. The summed E-state index contributed by atoms with van der Waals surface area (Å²) in [5.74, 6) is -0.213. The molecule has 27 heavy (non-hydrogen) atoms. The number of likely N-dealkylation sites (N-methyl/N-ethyl adjacent to an activating group) is 1. The zero-order valence-corrected chi connectivity index (χ0v) is 16.4. The van der Waals surface area contributed by atoms with E-state index >= 15 is 0 Å². The number of likely N-dealkylation sites (tertiary alicyclic amines) is 1. The normalized spacial score (nSPS) is 30.8. The van der Waals surface area contributed by atoms with E-state index in [9.17, 15) is 9.18 Å². The van der Waals surface area contributed by atoms with Crippen LogP contribution in [0, 0.1) is 12.7 Å². The van der Waals surface area contributed by atoms with Crippen LogP contribution in [0.1, 0.15) is 43.2 Å². The highest BCUT2D eigenvalue weighted by atomic mass is 19.1. The van der Waals surface area contributed by atoms with Crippen LogP contribution in [0.15, 0.2) is 12.1 Å². The van der Waals surface area contributed by atoms with Crippen molar-refractivity contribution in [3.63, 3.8) is 0 Å². The number of fused-ring (bicyclic) bond motifs is 1. The molecular weight excluding hydrogens is 343 g/mol. The minimum atomic E-state index is -0.364. The Labute approximate surface area is 161 Å². The topological polar surface area (TPSA) is 56.4 Å². The molecule has 3 aliphatic rings. The van der Waals surface area contributed by atoms with Gasteiger partial charge in [0.15, 0.2) is 0 Å². The first-order chi connectivity index (χ1) is 13.0. The third kappa shape index (κ3) is 3.83. The van der Waals surface area contributed by atoms with E-state index in [1.54, 1.807) is 6.07 Å². The number of aryl methyl sites for hydroxylation is 1. The third-order valence-electron chi connectivity index (χ3n) is 6.64. The zero-order chi connectivity index (χ0) is 19.0. The number of hydrogen-bond donors (Lipinski definition) is 3. The fourth-order valence-electron chi connectivity index (χ4n) is 5.01. The van der Waals surface area contributed by atoms with Gasteiger partial charge in [0.05, 0.1) is 0 Å². The molecule has 6 heteroatoms. The predicted molar refractivity (Wildman–Crippen MR) is 105 cm³/mol. The van der Waals surface area contributed by atoms with Gasteiger partial charge in [-0.2, -0.15) is 0 Å². The van der Waals surface area contributed by atoms with E-state index in [2.05, 4.69) is 20.9 Å². The molecule has 0 bridgehead atoms. The molecule has 2 unspecified atom stereocenters. The lowest BCUT2D eigenvalue weighted by atomic mass is 9.90. The van der Waals surface area contributed by atoms with Crippen LogP contribution in [0.4, 0.5) is 10.1 Å². The van der Waals surface area contributed by atoms with Crippen LogP contribution in [0.5, 0.6) is 0 Å². The predicted octanol–water partition coefficient (Wildman–Crippen LogP) is 2.19. The molecule has 148 valence electrons. The monoisotopic (exact) mass is 374 g/mol. The minimum Gasteiger partial charge on any atom is -0.373 e. The van der Waals surface area contributed by atoms with Crippen molar-refractivity contribution in [2.24, 2.45) is 0 Å². The molecule has 0 radical (unpaired) electrons. The Kier molecular flexibility index (Phi) is 5.37. The Morgan fingerprint density at radius 3 is 2.85 bits per heavy atom. The molecule has 1 amide bonds. The number of amides is 1. The van der Waals surface area contributed by atoms with Crippen molar-refractivity contribution in [1.29, 1.82) is 0 Å². The molecule has 2 heterocycles. The van der Waals surface area contributed by atoms with Crippen LogP contribution in [-0.2, 0) is 11.2 Å². The number of nitrogens with zero attached hydrogens (tertiary/aromatic N) is 1. The SMILES string of the molecule is CN[C@H]1CCN(C2CCC[C@@H](NC(=O)C3Cc4c(F)ccc(C)c4N3)C2)C1. The van der Waals surface area contributed by atoms with Crippen molar-refractivity contribution >= 4 is 11.6 Å². The number of anilines is 1. The maximum Gasteiger partial charge on any atom is 0.243 e. The Bertz CT molecular complexity index is 679. The highest BCUT2D eigenvalue weighted by Crippen LogP contribution is 2.32. The molecule has 1 saturated carbocycles. The fraction of sp³-hybridized carbons (Fsp3) is 0.667. The summed E-state index contributed by atoms with van der Waals surface area (Å²) in [7, 11) is 2.04. The van der Waals surface area contributed by atoms with Crippen molar-refractivity contribution in [3.8, 4) is 0 Å². The molecule has 3 N–H and O–H groups in total. The molecule has 2 aliphatic heterocycles. The first kappa shape index (κ1) is 18.7. The molecule has 0 aromatic heterocycles. The van der Waals surface area contributed by atoms with E-state index in [1.807, 2.05) is 14.0 Å². The average Bonchev–Trinajstić information content (AvgIpc) is 3.33. The molecule has 4 atom stereocenters. The van der Waals surface area contributed by atoms with Gasteiger partial charge < -0.3 is 16.0 Å². The number of benzene rings is 1. The number of nitrogens with one attached hydrogen (secondary N) is 3. The lowest BCUT2D eigenvalue weighted by Crippen LogP contribution is -2.49. The van der Waals surface area contributed by atoms with Crippen LogP contribution in [0.2, 0.25) is 0 Å². The van der Waals surface area contributed by atoms with E-state index in [0.29, 0.717) is 24.1 Å². The Morgan fingerprint density at radius 2 is 2.11 bits per heavy atom. The van der Waals surface area contributed by atoms with Crippen LogP contribution in [0.25, 0.3) is 0 Å². The van der Waals surface area contributed by atoms with Gasteiger partial charge >= 0.3 is 0 Å². The largest absolute Gasteiger partial charge is 0.373 e. The summed E-state index contributed by atoms with van der Waals surface area (Å²) in [4.78, 5) is 15.4. The van der Waals surface area contributed by atoms with Gasteiger partial charge in [-0.05, 0) is 57.7 Å². The fourth-order valence-corrected chi connectivity index (χ4v) is 5.01. The maximum absolute atomic E-state index is 14.1. The summed E-state index contributed by atoms with van der Waals surface area (Å²) in [6, 6.07) is 4.28. The van der Waals surface area contributed by atoms with E-state index in [0.717, 1.165) is 43.6 Å². The van der Waals surface area contributed by atoms with Crippen molar-refractivity contribution < 1.29 is 9.18 Å². The van der Waals surface area contributed by atoms with Crippen LogP contribution < -0.4 is 16.0 Å². The average molecular weight is 375 g/mol. The molecule has 1 saturated heterocycles. The highest BCUT2D eigenvalue weighted by Gasteiger charge is 2.34. The van der Waals surface area contributed by atoms with E-state index in [1.165, 1.54) is 18.9 Å². The summed E-state index contributed by atoms with van der Waals surface area (Å²) < 4.78 is 14.1. The van der Waals surface area contributed by atoms with E-state index < -0.39 is 0 Å². The summed E-state index contributed by atoms with van der Waals surface area (Å²) in [6.45, 7) is 4.21. The number of rotatable bonds is 4. The molecule has 4 rings (SSSR count). The molecular formula is C21H31FN4O. The van der Waals surface area contributed by atoms with Gasteiger partial charge in [-0.25, -0.2) is 4.39 Å². The van der Waals surface area contributed by atoms with Gasteiger partial charge in [0.1, 0.15) is 11.9 Å². The molecule has 2 fully saturated rings. The minimum absolute atomic E-state index is 0.00479. The summed E-state index contributed by atoms with van der Waals surface area (Å²) in [5.41, 5.74) is 2.44. The Morgan fingerprint density at radius 1 is 1.26 bits per heavy atom. The first-order valence-electron chi connectivity index (χ1n) is 10.3. The smallest absolute Gasteiger partial charge is 0.243 e. The third-order valence-corrected chi connectivity index (χ3v) is 6.64. The van der Waals surface area contributed by atoms with Gasteiger partial charge in [0, 0.05) is 48.9 Å². The molecule has 1 aromatic rings. The summed E-state index contributed by atoms with van der Waals surface area (Å²) >= 11 is 0. The van der Waals surface area contributed by atoms with Crippen molar-refractivity contribution in [2.45, 2.75) is 69.6 Å². The van der Waals surface area contributed by atoms with Crippen molar-refractivity contribution in [3.05, 3.63) is 29.1 Å². The van der Waals surface area contributed by atoms with Crippen LogP contribution >= 0.6 is 0 Å².